The smallest absolute Gasteiger partial charge is 0.0652 e. The highest BCUT2D eigenvalue weighted by atomic mass is 35.5. The topological polar surface area (TPSA) is 4.93 Å². The Kier molecular flexibility index (Phi) is 4.56. The van der Waals surface area contributed by atoms with Gasteiger partial charge in [0.2, 0.25) is 0 Å². The first-order valence-electron chi connectivity index (χ1n) is 10.7. The maximum Gasteiger partial charge on any atom is 0.0652 e. The summed E-state index contributed by atoms with van der Waals surface area (Å²) in [7, 11) is 0. The van der Waals surface area contributed by atoms with Crippen LogP contribution in [0.3, 0.4) is 0 Å². The van der Waals surface area contributed by atoms with Crippen LogP contribution in [0.2, 0.25) is 5.02 Å². The lowest BCUT2D eigenvalue weighted by Crippen LogP contribution is -1.95. The average molecular weight is 430 g/mol. The third-order valence-electron chi connectivity index (χ3n) is 6.07. The molecular weight excluding hydrogens is 410 g/mol. The molecule has 0 bridgehead atoms. The average Bonchev–Trinajstić information content (AvgIpc) is 3.19. The van der Waals surface area contributed by atoms with Crippen LogP contribution >= 0.6 is 11.6 Å². The number of benzene rings is 5. The van der Waals surface area contributed by atoms with Crippen LogP contribution in [-0.2, 0) is 0 Å². The minimum atomic E-state index is 0.735. The van der Waals surface area contributed by atoms with E-state index in [2.05, 4.69) is 120 Å². The van der Waals surface area contributed by atoms with E-state index in [0.29, 0.717) is 0 Å². The van der Waals surface area contributed by atoms with Crippen molar-refractivity contribution < 1.29 is 0 Å². The van der Waals surface area contributed by atoms with Gasteiger partial charge in [0.05, 0.1) is 21.7 Å². The second kappa shape index (κ2) is 7.71. The van der Waals surface area contributed by atoms with Crippen LogP contribution in [0.25, 0.3) is 49.7 Å². The highest BCUT2D eigenvalue weighted by Crippen LogP contribution is 2.36. The van der Waals surface area contributed by atoms with Gasteiger partial charge in [0.25, 0.3) is 0 Å². The number of hydrogen-bond acceptors (Lipinski definition) is 0. The lowest BCUT2D eigenvalue weighted by molar-refractivity contribution is 1.18. The van der Waals surface area contributed by atoms with Crippen LogP contribution in [0, 0.1) is 0 Å². The Balaban J connectivity index is 1.49. The van der Waals surface area contributed by atoms with Crippen molar-refractivity contribution in [2.24, 2.45) is 0 Å². The molecule has 32 heavy (non-hydrogen) atoms. The molecule has 2 heteroatoms. The van der Waals surface area contributed by atoms with Crippen molar-refractivity contribution in [3.63, 3.8) is 0 Å². The SMILES string of the molecule is Clc1cc(-c2cccc(-c3ccccc3)c2)ccc1-n1c2ccccc2c2ccccc21. The number of rotatable bonds is 3. The second-order valence-corrected chi connectivity index (χ2v) is 8.39. The van der Waals surface area contributed by atoms with E-state index < -0.39 is 0 Å². The van der Waals surface area contributed by atoms with E-state index in [4.69, 9.17) is 11.6 Å². The van der Waals surface area contributed by atoms with E-state index in [0.717, 1.165) is 32.9 Å². The Morgan fingerprint density at radius 3 is 1.62 bits per heavy atom. The number of aromatic nitrogens is 1. The minimum Gasteiger partial charge on any atom is -0.308 e. The lowest BCUT2D eigenvalue weighted by atomic mass is 9.99. The molecule has 0 atom stereocenters. The summed E-state index contributed by atoms with van der Waals surface area (Å²) in [5.41, 5.74) is 7.99. The number of para-hydroxylation sites is 2. The molecule has 0 spiro atoms. The fourth-order valence-electron chi connectivity index (χ4n) is 4.56. The van der Waals surface area contributed by atoms with Gasteiger partial charge in [-0.05, 0) is 52.6 Å². The quantitative estimate of drug-likeness (QED) is 0.265. The predicted octanol–water partition coefficient (Wildman–Crippen LogP) is 8.77. The number of nitrogens with zero attached hydrogens (tertiary/aromatic N) is 1. The van der Waals surface area contributed by atoms with Crippen molar-refractivity contribution in [2.45, 2.75) is 0 Å². The van der Waals surface area contributed by atoms with Gasteiger partial charge in [0.1, 0.15) is 0 Å². The zero-order valence-electron chi connectivity index (χ0n) is 17.4. The largest absolute Gasteiger partial charge is 0.308 e. The fraction of sp³-hybridized carbons (Fsp3) is 0. The summed E-state index contributed by atoms with van der Waals surface area (Å²) >= 11 is 6.91. The van der Waals surface area contributed by atoms with E-state index in [1.54, 1.807) is 0 Å². The third-order valence-corrected chi connectivity index (χ3v) is 6.37. The van der Waals surface area contributed by atoms with Crippen LogP contribution in [0.1, 0.15) is 0 Å². The molecule has 0 amide bonds. The van der Waals surface area contributed by atoms with Gasteiger partial charge in [-0.2, -0.15) is 0 Å². The molecule has 5 aromatic carbocycles. The summed E-state index contributed by atoms with van der Waals surface area (Å²) in [6, 6.07) is 42.4. The standard InChI is InChI=1S/C30H20ClN/c31-27-20-24(23-12-8-11-22(19-23)21-9-2-1-3-10-21)17-18-30(27)32-28-15-6-4-13-25(28)26-14-5-7-16-29(26)32/h1-20H. The summed E-state index contributed by atoms with van der Waals surface area (Å²) in [6.45, 7) is 0. The van der Waals surface area contributed by atoms with Gasteiger partial charge in [0, 0.05) is 10.8 Å². The number of fused-ring (bicyclic) bond motifs is 3. The lowest BCUT2D eigenvalue weighted by Gasteiger charge is -2.12. The molecule has 0 N–H and O–H groups in total. The summed E-state index contributed by atoms with van der Waals surface area (Å²) in [6.07, 6.45) is 0. The maximum atomic E-state index is 6.91. The van der Waals surface area contributed by atoms with Gasteiger partial charge in [0.15, 0.2) is 0 Å². The van der Waals surface area contributed by atoms with Crippen LogP contribution in [0.15, 0.2) is 121 Å². The molecule has 1 aromatic heterocycles. The van der Waals surface area contributed by atoms with Crippen LogP contribution < -0.4 is 0 Å². The zero-order chi connectivity index (χ0) is 21.5. The molecule has 6 aromatic rings. The van der Waals surface area contributed by atoms with E-state index in [1.165, 1.54) is 21.9 Å². The number of hydrogen-bond donors (Lipinski definition) is 0. The molecule has 6 rings (SSSR count). The molecule has 0 aliphatic carbocycles. The maximum absolute atomic E-state index is 6.91. The summed E-state index contributed by atoms with van der Waals surface area (Å²) in [5, 5.41) is 3.21. The highest BCUT2D eigenvalue weighted by molar-refractivity contribution is 6.33. The van der Waals surface area contributed by atoms with E-state index in [1.807, 2.05) is 6.07 Å². The molecule has 0 fully saturated rings. The number of halogens is 1. The van der Waals surface area contributed by atoms with Crippen molar-refractivity contribution in [2.75, 3.05) is 0 Å². The summed E-state index contributed by atoms with van der Waals surface area (Å²) in [4.78, 5) is 0. The van der Waals surface area contributed by atoms with Gasteiger partial charge < -0.3 is 4.57 Å². The van der Waals surface area contributed by atoms with Crippen molar-refractivity contribution in [1.29, 1.82) is 0 Å². The monoisotopic (exact) mass is 429 g/mol. The molecular formula is C30H20ClN. The van der Waals surface area contributed by atoms with Gasteiger partial charge >= 0.3 is 0 Å². The minimum absolute atomic E-state index is 0.735. The molecule has 0 aliphatic rings. The second-order valence-electron chi connectivity index (χ2n) is 7.98. The summed E-state index contributed by atoms with van der Waals surface area (Å²) in [5.74, 6) is 0. The molecule has 1 nitrogen and oxygen atoms in total. The zero-order valence-corrected chi connectivity index (χ0v) is 18.1. The van der Waals surface area contributed by atoms with Gasteiger partial charge in [-0.15, -0.1) is 0 Å². The van der Waals surface area contributed by atoms with Crippen molar-refractivity contribution in [3.8, 4) is 27.9 Å². The van der Waals surface area contributed by atoms with E-state index in [9.17, 15) is 0 Å². The molecule has 0 unspecified atom stereocenters. The van der Waals surface area contributed by atoms with Crippen molar-refractivity contribution >= 4 is 33.4 Å². The first kappa shape index (κ1) is 18.9. The van der Waals surface area contributed by atoms with Crippen LogP contribution in [0.5, 0.6) is 0 Å². The molecule has 0 saturated carbocycles. The fourth-order valence-corrected chi connectivity index (χ4v) is 4.82. The Labute approximate surface area is 192 Å². The molecule has 0 aliphatic heterocycles. The Morgan fingerprint density at radius 2 is 0.969 bits per heavy atom. The highest BCUT2D eigenvalue weighted by Gasteiger charge is 2.14. The first-order valence-corrected chi connectivity index (χ1v) is 11.1. The molecule has 0 radical (unpaired) electrons. The molecule has 152 valence electrons. The summed E-state index contributed by atoms with van der Waals surface area (Å²) < 4.78 is 2.26. The van der Waals surface area contributed by atoms with Gasteiger partial charge in [-0.1, -0.05) is 103 Å². The van der Waals surface area contributed by atoms with Gasteiger partial charge in [-0.25, -0.2) is 0 Å². The third kappa shape index (κ3) is 3.10. The Hall–Kier alpha value is -3.81. The Morgan fingerprint density at radius 1 is 0.438 bits per heavy atom. The van der Waals surface area contributed by atoms with Crippen molar-refractivity contribution in [3.05, 3.63) is 126 Å². The van der Waals surface area contributed by atoms with Crippen LogP contribution in [-0.4, -0.2) is 4.57 Å². The van der Waals surface area contributed by atoms with Crippen molar-refractivity contribution in [1.82, 2.24) is 4.57 Å². The normalized spacial score (nSPS) is 11.3. The first-order chi connectivity index (χ1) is 15.8. The molecule has 0 saturated heterocycles. The Bertz CT molecular complexity index is 1520. The predicted molar refractivity (Wildman–Crippen MR) is 137 cm³/mol. The van der Waals surface area contributed by atoms with Crippen LogP contribution in [0.4, 0.5) is 0 Å². The molecule has 1 heterocycles. The van der Waals surface area contributed by atoms with E-state index >= 15 is 0 Å². The van der Waals surface area contributed by atoms with E-state index in [-0.39, 0.29) is 0 Å². The van der Waals surface area contributed by atoms with Gasteiger partial charge in [-0.3, -0.25) is 0 Å².